The maximum absolute atomic E-state index is 14.0. The number of nitrogens with zero attached hydrogens (tertiary/aromatic N) is 1. The van der Waals surface area contributed by atoms with Gasteiger partial charge in [-0.1, -0.05) is 41.9 Å². The Bertz CT molecular complexity index is 1560. The summed E-state index contributed by atoms with van der Waals surface area (Å²) in [6, 6.07) is 16.4. The number of carbonyl (C=O) groups is 1. The van der Waals surface area contributed by atoms with Gasteiger partial charge in [0.2, 0.25) is 5.55 Å². The van der Waals surface area contributed by atoms with Crippen molar-refractivity contribution in [3.63, 3.8) is 0 Å². The first kappa shape index (κ1) is 22.4. The second-order valence-electron chi connectivity index (χ2n) is 6.72. The van der Waals surface area contributed by atoms with Gasteiger partial charge in [-0.15, -0.1) is 5.10 Å². The normalized spacial score (nSPS) is 12.0. The van der Waals surface area contributed by atoms with Gasteiger partial charge in [-0.2, -0.15) is 13.2 Å². The van der Waals surface area contributed by atoms with Crippen LogP contribution in [0, 0.1) is 11.6 Å². The molecule has 3 aromatic carbocycles. The monoisotopic (exact) mass is 489 g/mol. The molecule has 0 aliphatic carbocycles. The van der Waals surface area contributed by atoms with Crippen LogP contribution in [0.25, 0.3) is 11.0 Å². The van der Waals surface area contributed by atoms with Crippen molar-refractivity contribution in [2.24, 2.45) is 5.10 Å². The van der Waals surface area contributed by atoms with E-state index < -0.39 is 32.6 Å². The van der Waals surface area contributed by atoms with Crippen molar-refractivity contribution in [1.82, 2.24) is 4.83 Å². The van der Waals surface area contributed by atoms with E-state index in [2.05, 4.69) is 10.4 Å². The Labute approximate surface area is 191 Å². The smallest absolute Gasteiger partial charge is 0.276 e. The number of carbonyl (C=O) groups excluding carboxylic acids is 1. The molecule has 7 nitrogen and oxygen atoms in total. The SMILES string of the molecule is O=C(Nc1ccccc1F)c1cc2ccccc2oc1=NNS(=O)(=O)c1ccc(F)c(Cl)c1. The lowest BCUT2D eigenvalue weighted by atomic mass is 10.1. The van der Waals surface area contributed by atoms with Crippen LogP contribution in [0.15, 0.2) is 87.2 Å². The summed E-state index contributed by atoms with van der Waals surface area (Å²) in [6.45, 7) is 0. The van der Waals surface area contributed by atoms with Gasteiger partial charge in [-0.3, -0.25) is 4.79 Å². The van der Waals surface area contributed by atoms with Gasteiger partial charge in [0.1, 0.15) is 22.8 Å². The number of sulfonamides is 1. The van der Waals surface area contributed by atoms with E-state index in [0.29, 0.717) is 11.0 Å². The minimum atomic E-state index is -4.28. The molecule has 0 saturated heterocycles. The molecular weight excluding hydrogens is 476 g/mol. The molecule has 0 atom stereocenters. The summed E-state index contributed by atoms with van der Waals surface area (Å²) in [5.41, 5.74) is -0.290. The largest absolute Gasteiger partial charge is 0.436 e. The molecule has 0 saturated carbocycles. The molecule has 2 N–H and O–H groups in total. The molecule has 1 amide bonds. The van der Waals surface area contributed by atoms with Gasteiger partial charge in [-0.25, -0.2) is 8.78 Å². The Morgan fingerprint density at radius 3 is 2.42 bits per heavy atom. The van der Waals surface area contributed by atoms with Crippen LogP contribution in [0.2, 0.25) is 5.02 Å². The van der Waals surface area contributed by atoms with E-state index in [1.54, 1.807) is 24.3 Å². The van der Waals surface area contributed by atoms with E-state index in [9.17, 15) is 22.0 Å². The standard InChI is InChI=1S/C22H14ClF2N3O4S/c23-16-12-14(9-10-17(16)24)33(30,31)28-27-22-15(11-13-5-1-4-8-20(13)32-22)21(29)26-19-7-3-2-6-18(19)25/h1-12,28H,(H,26,29). The van der Waals surface area contributed by atoms with E-state index >= 15 is 0 Å². The minimum Gasteiger partial charge on any atom is -0.436 e. The Morgan fingerprint density at radius 1 is 0.939 bits per heavy atom. The van der Waals surface area contributed by atoms with Crippen molar-refractivity contribution in [2.45, 2.75) is 4.90 Å². The third kappa shape index (κ3) is 4.86. The third-order valence-electron chi connectivity index (χ3n) is 4.49. The molecule has 0 spiro atoms. The van der Waals surface area contributed by atoms with Crippen LogP contribution in [0.4, 0.5) is 14.5 Å². The molecule has 1 aromatic heterocycles. The fourth-order valence-corrected chi connectivity index (χ4v) is 3.94. The van der Waals surface area contributed by atoms with Crippen LogP contribution >= 0.6 is 11.6 Å². The van der Waals surface area contributed by atoms with Crippen molar-refractivity contribution < 1.29 is 26.4 Å². The molecule has 11 heteroatoms. The Kier molecular flexibility index (Phi) is 6.12. The predicted octanol–water partition coefficient (Wildman–Crippen LogP) is 4.41. The second-order valence-corrected chi connectivity index (χ2v) is 8.79. The van der Waals surface area contributed by atoms with E-state index in [0.717, 1.165) is 18.2 Å². The fourth-order valence-electron chi connectivity index (χ4n) is 2.87. The van der Waals surface area contributed by atoms with Crippen LogP contribution in [0.5, 0.6) is 0 Å². The molecule has 0 radical (unpaired) electrons. The van der Waals surface area contributed by atoms with Gasteiger partial charge in [0.15, 0.2) is 0 Å². The average Bonchev–Trinajstić information content (AvgIpc) is 2.80. The van der Waals surface area contributed by atoms with Gasteiger partial charge in [-0.05, 0) is 42.5 Å². The van der Waals surface area contributed by atoms with Crippen LogP contribution in [0.3, 0.4) is 0 Å². The van der Waals surface area contributed by atoms with E-state index in [1.807, 2.05) is 4.83 Å². The molecule has 168 valence electrons. The van der Waals surface area contributed by atoms with Crippen LogP contribution < -0.4 is 15.7 Å². The summed E-state index contributed by atoms with van der Waals surface area (Å²) in [7, 11) is -4.28. The first-order valence-corrected chi connectivity index (χ1v) is 11.2. The lowest BCUT2D eigenvalue weighted by molar-refractivity contribution is 0.102. The highest BCUT2D eigenvalue weighted by Gasteiger charge is 2.18. The van der Waals surface area contributed by atoms with Crippen LogP contribution in [-0.4, -0.2) is 14.3 Å². The summed E-state index contributed by atoms with van der Waals surface area (Å²) in [5, 5.41) is 6.29. The van der Waals surface area contributed by atoms with Crippen LogP contribution in [0.1, 0.15) is 10.4 Å². The predicted molar refractivity (Wildman–Crippen MR) is 118 cm³/mol. The number of nitrogens with one attached hydrogen (secondary N) is 2. The average molecular weight is 490 g/mol. The highest BCUT2D eigenvalue weighted by molar-refractivity contribution is 7.89. The Balaban J connectivity index is 1.77. The van der Waals surface area contributed by atoms with Crippen molar-refractivity contribution >= 4 is 44.2 Å². The second kappa shape index (κ2) is 9.00. The highest BCUT2D eigenvalue weighted by atomic mass is 35.5. The van der Waals surface area contributed by atoms with Gasteiger partial charge in [0, 0.05) is 5.39 Å². The number of para-hydroxylation sites is 2. The molecule has 0 aliphatic heterocycles. The maximum Gasteiger partial charge on any atom is 0.276 e. The highest BCUT2D eigenvalue weighted by Crippen LogP contribution is 2.20. The zero-order valence-electron chi connectivity index (χ0n) is 16.6. The number of halogens is 3. The Hall–Kier alpha value is -3.76. The zero-order valence-corrected chi connectivity index (χ0v) is 18.1. The van der Waals surface area contributed by atoms with E-state index in [4.69, 9.17) is 16.0 Å². The molecule has 4 rings (SSSR count). The minimum absolute atomic E-state index is 0.0804. The number of benzene rings is 3. The first-order valence-electron chi connectivity index (χ1n) is 9.34. The van der Waals surface area contributed by atoms with Crippen molar-refractivity contribution in [3.8, 4) is 0 Å². The number of fused-ring (bicyclic) bond motifs is 1. The molecule has 0 unspecified atom stereocenters. The summed E-state index contributed by atoms with van der Waals surface area (Å²) in [6.07, 6.45) is 0. The fraction of sp³-hybridized carbons (Fsp3) is 0. The summed E-state index contributed by atoms with van der Waals surface area (Å²) < 4.78 is 58.1. The molecule has 0 aliphatic rings. The molecule has 0 bridgehead atoms. The number of amides is 1. The summed E-state index contributed by atoms with van der Waals surface area (Å²) in [4.78, 5) is 14.5. The number of anilines is 1. The van der Waals surface area contributed by atoms with E-state index in [1.165, 1.54) is 30.3 Å². The molecule has 0 fully saturated rings. The van der Waals surface area contributed by atoms with Gasteiger partial charge >= 0.3 is 0 Å². The molecule has 33 heavy (non-hydrogen) atoms. The summed E-state index contributed by atoms with van der Waals surface area (Å²) in [5.74, 6) is -2.22. The van der Waals surface area contributed by atoms with E-state index in [-0.39, 0.29) is 21.7 Å². The quantitative estimate of drug-likeness (QED) is 0.405. The first-order chi connectivity index (χ1) is 15.7. The zero-order chi connectivity index (χ0) is 23.6. The van der Waals surface area contributed by atoms with Gasteiger partial charge in [0.25, 0.3) is 15.9 Å². The number of rotatable bonds is 5. The Morgan fingerprint density at radius 2 is 1.67 bits per heavy atom. The molecule has 4 aromatic rings. The lowest BCUT2D eigenvalue weighted by Gasteiger charge is -2.08. The van der Waals surface area contributed by atoms with Crippen molar-refractivity contribution in [2.75, 3.05) is 5.32 Å². The maximum atomic E-state index is 14.0. The van der Waals surface area contributed by atoms with Gasteiger partial charge in [0.05, 0.1) is 15.6 Å². The number of hydrogen-bond donors (Lipinski definition) is 2. The van der Waals surface area contributed by atoms with Crippen molar-refractivity contribution in [3.05, 3.63) is 101 Å². The summed E-state index contributed by atoms with van der Waals surface area (Å²) >= 11 is 5.66. The molecule has 1 heterocycles. The van der Waals surface area contributed by atoms with Crippen molar-refractivity contribution in [1.29, 1.82) is 0 Å². The lowest BCUT2D eigenvalue weighted by Crippen LogP contribution is -2.27. The number of hydrogen-bond acceptors (Lipinski definition) is 5. The molecular formula is C22H14ClF2N3O4S. The topological polar surface area (TPSA) is 101 Å². The van der Waals surface area contributed by atoms with Crippen LogP contribution in [-0.2, 0) is 10.0 Å². The van der Waals surface area contributed by atoms with Gasteiger partial charge < -0.3 is 9.73 Å². The third-order valence-corrected chi connectivity index (χ3v) is 5.99.